The Kier molecular flexibility index (Phi) is 18.0. The highest BCUT2D eigenvalue weighted by molar-refractivity contribution is 6.36. The van der Waals surface area contributed by atoms with Gasteiger partial charge in [-0.3, -0.25) is 32.4 Å². The molecule has 0 saturated heterocycles. The highest BCUT2D eigenvalue weighted by atomic mass is 19.1. The predicted molar refractivity (Wildman–Crippen MR) is 248 cm³/mol. The van der Waals surface area contributed by atoms with Crippen LogP contribution in [-0.4, -0.2) is 106 Å². The van der Waals surface area contributed by atoms with Gasteiger partial charge in [0.1, 0.15) is 34.5 Å². The fraction of sp³-hybridized carbons (Fsp3) is 0.229. The van der Waals surface area contributed by atoms with E-state index in [0.717, 1.165) is 29.6 Å². The van der Waals surface area contributed by atoms with Gasteiger partial charge in [0, 0.05) is 67.7 Å². The summed E-state index contributed by atoms with van der Waals surface area (Å²) in [5, 5.41) is 5.48. The van der Waals surface area contributed by atoms with Crippen molar-refractivity contribution in [2.45, 2.75) is 54.1 Å². The number of fused-ring (bicyclic) bond motifs is 3. The van der Waals surface area contributed by atoms with Gasteiger partial charge < -0.3 is 24.8 Å². The van der Waals surface area contributed by atoms with Crippen LogP contribution in [0.15, 0.2) is 91.8 Å². The third-order valence-corrected chi connectivity index (χ3v) is 9.94. The number of aryl methyl sites for hydroxylation is 4. The van der Waals surface area contributed by atoms with Gasteiger partial charge in [-0.25, -0.2) is 53.1 Å². The molecule has 23 heteroatoms. The number of Topliss-reactive ketones (excluding diaryl/α,β-unsaturated/α-hetero) is 2. The molecule has 0 saturated carbocycles. The number of nitrogens with one attached hydrogen (secondary N) is 2. The summed E-state index contributed by atoms with van der Waals surface area (Å²) in [5.41, 5.74) is 5.20. The first-order valence-corrected chi connectivity index (χ1v) is 21.1. The van der Waals surface area contributed by atoms with Crippen LogP contribution in [-0.2, 0) is 41.7 Å². The van der Waals surface area contributed by atoms with Crippen LogP contribution in [0.3, 0.4) is 0 Å². The zero-order valence-corrected chi connectivity index (χ0v) is 39.6. The van der Waals surface area contributed by atoms with Crippen LogP contribution < -0.4 is 10.6 Å². The Morgan fingerprint density at radius 2 is 0.972 bits per heavy atom. The SMILES string of the molecule is COC(=O)C(=O)CC(C)=O.COC(=O)c1cc(C(=O)NCc2ccc(F)c(C)c2)nc2nccn12.COC(=O)c1cc(C)n2ccnc2n1.Cc1cc(CNC(=O)c2cc(C)n3ccnc3n2)ccc1F. The van der Waals surface area contributed by atoms with Crippen LogP contribution in [0.4, 0.5) is 8.78 Å². The van der Waals surface area contributed by atoms with E-state index in [2.05, 4.69) is 50.0 Å². The number of hydrogen-bond donors (Lipinski definition) is 2. The lowest BCUT2D eigenvalue weighted by Crippen LogP contribution is -2.25. The van der Waals surface area contributed by atoms with Gasteiger partial charge in [0.05, 0.1) is 27.8 Å². The third kappa shape index (κ3) is 14.0. The number of halogens is 2. The normalized spacial score (nSPS) is 10.4. The average molecular weight is 976 g/mol. The Bertz CT molecular complexity index is 3290. The van der Waals surface area contributed by atoms with E-state index in [1.54, 1.807) is 90.0 Å². The van der Waals surface area contributed by atoms with E-state index in [9.17, 15) is 42.3 Å². The number of rotatable bonds is 11. The van der Waals surface area contributed by atoms with Crippen molar-refractivity contribution in [3.8, 4) is 0 Å². The number of ether oxygens (including phenoxy) is 3. The van der Waals surface area contributed by atoms with Crippen molar-refractivity contribution >= 4 is 58.6 Å². The molecule has 6 heterocycles. The summed E-state index contributed by atoms with van der Waals surface area (Å²) in [6.07, 6.45) is 9.51. The smallest absolute Gasteiger partial charge is 0.374 e. The molecule has 368 valence electrons. The number of methoxy groups -OCH3 is 3. The maximum atomic E-state index is 13.3. The molecule has 0 atom stereocenters. The number of ketones is 2. The number of nitrogens with zero attached hydrogens (tertiary/aromatic N) is 9. The predicted octanol–water partition coefficient (Wildman–Crippen LogP) is 4.84. The van der Waals surface area contributed by atoms with Crippen molar-refractivity contribution in [2.24, 2.45) is 0 Å². The molecular weight excluding hydrogens is 929 g/mol. The number of imidazole rings is 3. The Morgan fingerprint density at radius 3 is 1.41 bits per heavy atom. The van der Waals surface area contributed by atoms with Crippen LogP contribution in [0, 0.1) is 39.3 Å². The zero-order chi connectivity index (χ0) is 51.9. The second kappa shape index (κ2) is 24.2. The highest BCUT2D eigenvalue weighted by Gasteiger charge is 2.19. The van der Waals surface area contributed by atoms with Gasteiger partial charge in [-0.05, 0) is 81.1 Å². The first-order chi connectivity index (χ1) is 33.8. The minimum Gasteiger partial charge on any atom is -0.464 e. The van der Waals surface area contributed by atoms with Gasteiger partial charge in [-0.15, -0.1) is 0 Å². The number of carbonyl (C=O) groups is 7. The van der Waals surface area contributed by atoms with E-state index in [1.807, 2.05) is 13.8 Å². The van der Waals surface area contributed by atoms with E-state index in [0.29, 0.717) is 34.9 Å². The molecule has 0 aliphatic rings. The van der Waals surface area contributed by atoms with Crippen molar-refractivity contribution in [1.82, 2.24) is 53.7 Å². The van der Waals surface area contributed by atoms with E-state index >= 15 is 0 Å². The molecule has 8 aromatic rings. The Balaban J connectivity index is 0.000000186. The maximum Gasteiger partial charge on any atom is 0.374 e. The Morgan fingerprint density at radius 1 is 0.549 bits per heavy atom. The zero-order valence-electron chi connectivity index (χ0n) is 39.6. The van der Waals surface area contributed by atoms with E-state index in [-0.39, 0.29) is 59.1 Å². The number of benzene rings is 2. The first-order valence-electron chi connectivity index (χ1n) is 21.1. The average Bonchev–Trinajstić information content (AvgIpc) is 4.16. The second-order valence-corrected chi connectivity index (χ2v) is 15.2. The molecule has 0 fully saturated rings. The molecule has 2 aromatic carbocycles. The van der Waals surface area contributed by atoms with Crippen LogP contribution in [0.25, 0.3) is 17.3 Å². The Labute approximate surface area is 403 Å². The molecule has 0 aliphatic carbocycles. The lowest BCUT2D eigenvalue weighted by Gasteiger charge is -2.08. The summed E-state index contributed by atoms with van der Waals surface area (Å²) in [7, 11) is 3.68. The number of hydrogen-bond acceptors (Lipinski definition) is 16. The van der Waals surface area contributed by atoms with Crippen LogP contribution in [0.5, 0.6) is 0 Å². The van der Waals surface area contributed by atoms with Gasteiger partial charge in [0.2, 0.25) is 23.1 Å². The highest BCUT2D eigenvalue weighted by Crippen LogP contribution is 2.13. The molecule has 0 aliphatic heterocycles. The lowest BCUT2D eigenvalue weighted by molar-refractivity contribution is -0.152. The number of esters is 3. The summed E-state index contributed by atoms with van der Waals surface area (Å²) in [6, 6.07) is 14.1. The Hall–Kier alpha value is -9.15. The van der Waals surface area contributed by atoms with Crippen LogP contribution in [0.2, 0.25) is 0 Å². The molecule has 6 aromatic heterocycles. The number of aromatic nitrogens is 9. The molecule has 21 nitrogen and oxygen atoms in total. The topological polar surface area (TPSA) is 262 Å². The molecule has 2 amide bonds. The fourth-order valence-corrected chi connectivity index (χ4v) is 6.32. The minimum absolute atomic E-state index is 0.0398. The van der Waals surface area contributed by atoms with Crippen molar-refractivity contribution in [2.75, 3.05) is 21.3 Å². The van der Waals surface area contributed by atoms with E-state index in [4.69, 9.17) is 4.74 Å². The molecule has 0 unspecified atom stereocenters. The van der Waals surface area contributed by atoms with Gasteiger partial charge in [-0.1, -0.05) is 24.3 Å². The van der Waals surface area contributed by atoms with Gasteiger partial charge in [0.15, 0.2) is 5.69 Å². The van der Waals surface area contributed by atoms with Crippen molar-refractivity contribution in [3.63, 3.8) is 0 Å². The van der Waals surface area contributed by atoms with Gasteiger partial charge >= 0.3 is 17.9 Å². The molecule has 8 rings (SSSR count). The van der Waals surface area contributed by atoms with Crippen LogP contribution >= 0.6 is 0 Å². The summed E-state index contributed by atoms with van der Waals surface area (Å²) in [5.74, 6) is -3.25. The summed E-state index contributed by atoms with van der Waals surface area (Å²) in [6.45, 7) is 8.87. The monoisotopic (exact) mass is 975 g/mol. The molecule has 0 spiro atoms. The largest absolute Gasteiger partial charge is 0.464 e. The molecule has 2 N–H and O–H groups in total. The molecule has 71 heavy (non-hydrogen) atoms. The summed E-state index contributed by atoms with van der Waals surface area (Å²) < 4.78 is 44.9. The maximum absolute atomic E-state index is 13.3. The third-order valence-electron chi connectivity index (χ3n) is 9.94. The molecular formula is C48H47F2N11O10. The molecule has 0 radical (unpaired) electrons. The quantitative estimate of drug-likeness (QED) is 0.0760. The molecule has 0 bridgehead atoms. The number of carbonyl (C=O) groups excluding carboxylic acids is 7. The summed E-state index contributed by atoms with van der Waals surface area (Å²) in [4.78, 5) is 103. The van der Waals surface area contributed by atoms with Crippen LogP contribution in [0.1, 0.15) is 88.9 Å². The standard InChI is InChI=1S/C17H15FN4O3.C16H15FN4O.C9H9N3O2.C6H8O4/c1-10-7-11(3-4-12(10)18)9-20-15(23)13-8-14(16(24)25-2)22-6-5-19-17(22)21-13;1-10-7-12(3-4-13(10)17)9-19-15(22)14-8-11(2)21-6-5-18-16(21)20-14;1-6-5-7(8(13)14-2)11-9-10-3-4-12(6)9;1-4(7)3-5(8)6(9)10-2/h3-8H,9H2,1-2H3,(H,20,23);3-8H,9H2,1-2H3,(H,19,22);3-5H,1-2H3;3H2,1-2H3. The van der Waals surface area contributed by atoms with Gasteiger partial charge in [0.25, 0.3) is 11.8 Å². The van der Waals surface area contributed by atoms with Crippen molar-refractivity contribution in [1.29, 1.82) is 0 Å². The first kappa shape index (κ1) is 52.8. The minimum atomic E-state index is -0.963. The van der Waals surface area contributed by atoms with Crippen molar-refractivity contribution in [3.05, 3.63) is 160 Å². The number of amides is 2. The lowest BCUT2D eigenvalue weighted by atomic mass is 10.1. The van der Waals surface area contributed by atoms with E-state index < -0.39 is 29.6 Å². The fourth-order valence-electron chi connectivity index (χ4n) is 6.32. The summed E-state index contributed by atoms with van der Waals surface area (Å²) >= 11 is 0. The van der Waals surface area contributed by atoms with Crippen molar-refractivity contribution < 1.29 is 56.6 Å². The van der Waals surface area contributed by atoms with Gasteiger partial charge in [-0.2, -0.15) is 0 Å². The second-order valence-electron chi connectivity index (χ2n) is 15.2. The van der Waals surface area contributed by atoms with E-state index in [1.165, 1.54) is 49.9 Å².